The predicted octanol–water partition coefficient (Wildman–Crippen LogP) is 3.68. The Balaban J connectivity index is 1.98. The lowest BCUT2D eigenvalue weighted by molar-refractivity contribution is 0.0980. The first kappa shape index (κ1) is 15.8. The fraction of sp³-hybridized carbons (Fsp3) is 0.350. The number of aliphatic hydroxyl groups excluding tert-OH is 1. The second-order valence-electron chi connectivity index (χ2n) is 7.12. The van der Waals surface area contributed by atoms with E-state index in [2.05, 4.69) is 32.9 Å². The molecule has 1 amide bonds. The number of fused-ring (bicyclic) bond motifs is 1. The zero-order valence-electron chi connectivity index (χ0n) is 14.0. The lowest BCUT2D eigenvalue weighted by Crippen LogP contribution is -2.38. The Morgan fingerprint density at radius 3 is 2.57 bits per heavy atom. The number of hydrogen-bond acceptors (Lipinski definition) is 2. The zero-order valence-corrected chi connectivity index (χ0v) is 14.0. The van der Waals surface area contributed by atoms with Gasteiger partial charge in [0.2, 0.25) is 0 Å². The van der Waals surface area contributed by atoms with Crippen molar-refractivity contribution < 1.29 is 9.90 Å². The SMILES string of the molecule is CC(C)(C)c1ccc2c(c1)CCN(c1ccccc1CO)C2=O. The number of rotatable bonds is 2. The molecule has 2 aromatic carbocycles. The summed E-state index contributed by atoms with van der Waals surface area (Å²) in [5.74, 6) is 0.0209. The van der Waals surface area contributed by atoms with Crippen molar-refractivity contribution in [2.75, 3.05) is 11.4 Å². The summed E-state index contributed by atoms with van der Waals surface area (Å²) >= 11 is 0. The molecule has 0 aromatic heterocycles. The summed E-state index contributed by atoms with van der Waals surface area (Å²) in [6.45, 7) is 7.14. The van der Waals surface area contributed by atoms with Gasteiger partial charge < -0.3 is 10.0 Å². The molecule has 2 aromatic rings. The lowest BCUT2D eigenvalue weighted by atomic mass is 9.84. The maximum atomic E-state index is 12.9. The Kier molecular flexibility index (Phi) is 3.99. The highest BCUT2D eigenvalue weighted by Crippen LogP contribution is 2.30. The van der Waals surface area contributed by atoms with E-state index in [1.165, 1.54) is 5.56 Å². The largest absolute Gasteiger partial charge is 0.392 e. The van der Waals surface area contributed by atoms with Crippen LogP contribution in [0.3, 0.4) is 0 Å². The van der Waals surface area contributed by atoms with Crippen molar-refractivity contribution >= 4 is 11.6 Å². The van der Waals surface area contributed by atoms with Crippen LogP contribution in [-0.2, 0) is 18.4 Å². The van der Waals surface area contributed by atoms with Gasteiger partial charge in [0, 0.05) is 23.4 Å². The average Bonchev–Trinajstić information content (AvgIpc) is 2.54. The third-order valence-corrected chi connectivity index (χ3v) is 4.50. The van der Waals surface area contributed by atoms with Crippen molar-refractivity contribution in [2.45, 2.75) is 39.2 Å². The fourth-order valence-corrected chi connectivity index (χ4v) is 3.09. The van der Waals surface area contributed by atoms with E-state index >= 15 is 0 Å². The molecule has 0 fully saturated rings. The van der Waals surface area contributed by atoms with Crippen LogP contribution in [0.4, 0.5) is 5.69 Å². The minimum absolute atomic E-state index is 0.0209. The highest BCUT2D eigenvalue weighted by molar-refractivity contribution is 6.08. The molecule has 1 aliphatic heterocycles. The fourth-order valence-electron chi connectivity index (χ4n) is 3.09. The number of anilines is 1. The molecule has 0 saturated heterocycles. The molecule has 120 valence electrons. The van der Waals surface area contributed by atoms with Crippen molar-refractivity contribution in [3.63, 3.8) is 0 Å². The molecule has 0 aliphatic carbocycles. The highest BCUT2D eigenvalue weighted by Gasteiger charge is 2.27. The van der Waals surface area contributed by atoms with Crippen LogP contribution >= 0.6 is 0 Å². The number of aliphatic hydroxyl groups is 1. The summed E-state index contributed by atoms with van der Waals surface area (Å²) in [5.41, 5.74) is 4.84. The Labute approximate surface area is 137 Å². The molecule has 3 heteroatoms. The van der Waals surface area contributed by atoms with Gasteiger partial charge in [-0.3, -0.25) is 4.79 Å². The summed E-state index contributed by atoms with van der Waals surface area (Å²) in [5, 5.41) is 9.52. The van der Waals surface area contributed by atoms with Gasteiger partial charge in [-0.05, 0) is 35.1 Å². The molecule has 0 spiro atoms. The van der Waals surface area contributed by atoms with E-state index in [0.717, 1.165) is 28.8 Å². The molecule has 1 heterocycles. The van der Waals surface area contributed by atoms with E-state index in [1.807, 2.05) is 30.3 Å². The van der Waals surface area contributed by atoms with Crippen LogP contribution < -0.4 is 4.90 Å². The number of carbonyl (C=O) groups is 1. The van der Waals surface area contributed by atoms with Crippen molar-refractivity contribution in [2.24, 2.45) is 0 Å². The van der Waals surface area contributed by atoms with Gasteiger partial charge >= 0.3 is 0 Å². The molecule has 3 nitrogen and oxygen atoms in total. The van der Waals surface area contributed by atoms with Crippen LogP contribution in [0.25, 0.3) is 0 Å². The van der Waals surface area contributed by atoms with E-state index in [4.69, 9.17) is 0 Å². The van der Waals surface area contributed by atoms with Crippen molar-refractivity contribution in [1.82, 2.24) is 0 Å². The molecule has 0 saturated carbocycles. The number of benzene rings is 2. The zero-order chi connectivity index (χ0) is 16.6. The van der Waals surface area contributed by atoms with Crippen molar-refractivity contribution in [1.29, 1.82) is 0 Å². The Bertz CT molecular complexity index is 744. The summed E-state index contributed by atoms with van der Waals surface area (Å²) in [6.07, 6.45) is 0.838. The monoisotopic (exact) mass is 309 g/mol. The van der Waals surface area contributed by atoms with Crippen LogP contribution in [0.2, 0.25) is 0 Å². The topological polar surface area (TPSA) is 40.5 Å². The summed E-state index contributed by atoms with van der Waals surface area (Å²) in [4.78, 5) is 14.7. The van der Waals surface area contributed by atoms with Gasteiger partial charge in [0.25, 0.3) is 5.91 Å². The van der Waals surface area contributed by atoms with E-state index in [1.54, 1.807) is 4.90 Å². The Morgan fingerprint density at radius 1 is 1.13 bits per heavy atom. The van der Waals surface area contributed by atoms with Gasteiger partial charge in [-0.2, -0.15) is 0 Å². The summed E-state index contributed by atoms with van der Waals surface area (Å²) < 4.78 is 0. The van der Waals surface area contributed by atoms with Crippen LogP contribution in [-0.4, -0.2) is 17.6 Å². The molecule has 1 N–H and O–H groups in total. The molecule has 0 unspecified atom stereocenters. The van der Waals surface area contributed by atoms with Crippen LogP contribution in [0.1, 0.15) is 47.8 Å². The molecular weight excluding hydrogens is 286 g/mol. The first-order chi connectivity index (χ1) is 10.9. The number of para-hydroxylation sites is 1. The Morgan fingerprint density at radius 2 is 1.87 bits per heavy atom. The third-order valence-electron chi connectivity index (χ3n) is 4.50. The molecule has 0 atom stereocenters. The maximum absolute atomic E-state index is 12.9. The molecule has 23 heavy (non-hydrogen) atoms. The van der Waals surface area contributed by atoms with Gasteiger partial charge in [0.1, 0.15) is 0 Å². The summed E-state index contributed by atoms with van der Waals surface area (Å²) in [7, 11) is 0. The number of hydrogen-bond donors (Lipinski definition) is 1. The van der Waals surface area contributed by atoms with Crippen LogP contribution in [0, 0.1) is 0 Å². The van der Waals surface area contributed by atoms with Gasteiger partial charge in [0.15, 0.2) is 0 Å². The number of carbonyl (C=O) groups excluding carboxylic acids is 1. The number of nitrogens with zero attached hydrogens (tertiary/aromatic N) is 1. The van der Waals surface area contributed by atoms with Gasteiger partial charge in [-0.25, -0.2) is 0 Å². The van der Waals surface area contributed by atoms with Crippen LogP contribution in [0.5, 0.6) is 0 Å². The van der Waals surface area contributed by atoms with Gasteiger partial charge in [-0.15, -0.1) is 0 Å². The average molecular weight is 309 g/mol. The molecular formula is C20H23NO2. The van der Waals surface area contributed by atoms with Crippen molar-refractivity contribution in [3.05, 3.63) is 64.7 Å². The molecule has 1 aliphatic rings. The smallest absolute Gasteiger partial charge is 0.258 e. The van der Waals surface area contributed by atoms with Gasteiger partial charge in [-0.1, -0.05) is 51.1 Å². The first-order valence-corrected chi connectivity index (χ1v) is 8.06. The lowest BCUT2D eigenvalue weighted by Gasteiger charge is -2.31. The standard InChI is InChI=1S/C20H23NO2/c1-20(2,3)16-8-9-17-14(12-16)10-11-21(19(17)23)18-7-5-4-6-15(18)13-22/h4-9,12,22H,10-11,13H2,1-3H3. The van der Waals surface area contributed by atoms with E-state index < -0.39 is 0 Å². The molecule has 3 rings (SSSR count). The molecule has 0 bridgehead atoms. The minimum atomic E-state index is -0.0597. The third kappa shape index (κ3) is 2.89. The Hall–Kier alpha value is -2.13. The first-order valence-electron chi connectivity index (χ1n) is 8.06. The highest BCUT2D eigenvalue weighted by atomic mass is 16.3. The van der Waals surface area contributed by atoms with Gasteiger partial charge in [0.05, 0.1) is 6.61 Å². The summed E-state index contributed by atoms with van der Waals surface area (Å²) in [6, 6.07) is 13.7. The van der Waals surface area contributed by atoms with Crippen LogP contribution in [0.15, 0.2) is 42.5 Å². The minimum Gasteiger partial charge on any atom is -0.392 e. The normalized spacial score (nSPS) is 14.8. The van der Waals surface area contributed by atoms with E-state index in [9.17, 15) is 9.90 Å². The second-order valence-corrected chi connectivity index (χ2v) is 7.12. The van der Waals surface area contributed by atoms with E-state index in [-0.39, 0.29) is 17.9 Å². The molecule has 0 radical (unpaired) electrons. The van der Waals surface area contributed by atoms with E-state index in [0.29, 0.717) is 6.54 Å². The number of amides is 1. The maximum Gasteiger partial charge on any atom is 0.258 e. The second kappa shape index (κ2) is 5.82. The predicted molar refractivity (Wildman–Crippen MR) is 92.9 cm³/mol. The van der Waals surface area contributed by atoms with Crippen molar-refractivity contribution in [3.8, 4) is 0 Å². The quantitative estimate of drug-likeness (QED) is 0.919.